The predicted molar refractivity (Wildman–Crippen MR) is 71.9 cm³/mol. The lowest BCUT2D eigenvalue weighted by Gasteiger charge is -2.40. The van der Waals surface area contributed by atoms with Crippen molar-refractivity contribution in [3.63, 3.8) is 0 Å². The van der Waals surface area contributed by atoms with Gasteiger partial charge in [0.15, 0.2) is 0 Å². The predicted octanol–water partition coefficient (Wildman–Crippen LogP) is 0.662. The first-order chi connectivity index (χ1) is 9.45. The van der Waals surface area contributed by atoms with Crippen molar-refractivity contribution in [2.45, 2.75) is 51.0 Å². The molecule has 0 radical (unpaired) electrons. The van der Waals surface area contributed by atoms with E-state index in [-0.39, 0.29) is 23.7 Å². The van der Waals surface area contributed by atoms with E-state index in [1.54, 1.807) is 0 Å². The van der Waals surface area contributed by atoms with Gasteiger partial charge in [0, 0.05) is 13.0 Å². The maximum atomic E-state index is 12.3. The summed E-state index contributed by atoms with van der Waals surface area (Å²) in [7, 11) is 0. The Labute approximate surface area is 118 Å². The van der Waals surface area contributed by atoms with E-state index in [2.05, 4.69) is 10.6 Å². The molecule has 0 aromatic heterocycles. The first-order valence-electron chi connectivity index (χ1n) is 7.28. The summed E-state index contributed by atoms with van der Waals surface area (Å²) in [6, 6.07) is 0. The topological polar surface area (TPSA) is 95.5 Å². The number of hydrogen-bond donors (Lipinski definition) is 3. The summed E-state index contributed by atoms with van der Waals surface area (Å²) in [6.07, 6.45) is 3.93. The van der Waals surface area contributed by atoms with E-state index in [1.807, 2.05) is 6.92 Å². The first-order valence-corrected chi connectivity index (χ1v) is 7.28. The molecule has 1 heterocycles. The third kappa shape index (κ3) is 2.78. The van der Waals surface area contributed by atoms with Crippen molar-refractivity contribution in [3.05, 3.63) is 0 Å². The smallest absolute Gasteiger partial charge is 0.329 e. The van der Waals surface area contributed by atoms with Crippen LogP contribution in [0.2, 0.25) is 0 Å². The van der Waals surface area contributed by atoms with Gasteiger partial charge in [-0.05, 0) is 25.2 Å². The Morgan fingerprint density at radius 3 is 2.65 bits per heavy atom. The van der Waals surface area contributed by atoms with Crippen molar-refractivity contribution in [1.29, 1.82) is 0 Å². The molecule has 6 heteroatoms. The van der Waals surface area contributed by atoms with Crippen LogP contribution in [-0.4, -0.2) is 35.0 Å². The van der Waals surface area contributed by atoms with E-state index in [0.29, 0.717) is 25.8 Å². The largest absolute Gasteiger partial charge is 0.479 e. The van der Waals surface area contributed by atoms with Gasteiger partial charge < -0.3 is 15.7 Å². The maximum absolute atomic E-state index is 12.3. The molecule has 3 N–H and O–H groups in total. The molecule has 2 aliphatic rings. The SMILES string of the molecule is CC1CCCCC1(NC(=O)C1CCC(=O)NC1)C(=O)O. The van der Waals surface area contributed by atoms with Crippen LogP contribution in [-0.2, 0) is 14.4 Å². The number of carboxylic acid groups (broad SMARTS) is 1. The van der Waals surface area contributed by atoms with Crippen LogP contribution in [0.25, 0.3) is 0 Å². The van der Waals surface area contributed by atoms with E-state index >= 15 is 0 Å². The number of rotatable bonds is 3. The fraction of sp³-hybridized carbons (Fsp3) is 0.786. The number of aliphatic carboxylic acids is 1. The Hall–Kier alpha value is -1.59. The molecular formula is C14H22N2O4. The van der Waals surface area contributed by atoms with Gasteiger partial charge in [0.1, 0.15) is 5.54 Å². The quantitative estimate of drug-likeness (QED) is 0.708. The van der Waals surface area contributed by atoms with Gasteiger partial charge in [0.2, 0.25) is 11.8 Å². The number of piperidine rings is 1. The van der Waals surface area contributed by atoms with Gasteiger partial charge in [0.25, 0.3) is 0 Å². The van der Waals surface area contributed by atoms with Gasteiger partial charge in [-0.15, -0.1) is 0 Å². The van der Waals surface area contributed by atoms with Crippen LogP contribution in [0.3, 0.4) is 0 Å². The number of nitrogens with one attached hydrogen (secondary N) is 2. The minimum absolute atomic E-state index is 0.0481. The van der Waals surface area contributed by atoms with Crippen molar-refractivity contribution in [3.8, 4) is 0 Å². The molecule has 2 amide bonds. The highest BCUT2D eigenvalue weighted by Gasteiger charge is 2.47. The van der Waals surface area contributed by atoms with Gasteiger partial charge >= 0.3 is 5.97 Å². The van der Waals surface area contributed by atoms with Crippen LogP contribution in [0.4, 0.5) is 0 Å². The molecule has 2 rings (SSSR count). The van der Waals surface area contributed by atoms with E-state index in [9.17, 15) is 19.5 Å². The Balaban J connectivity index is 2.06. The third-order valence-electron chi connectivity index (χ3n) is 4.66. The Morgan fingerprint density at radius 2 is 2.10 bits per heavy atom. The van der Waals surface area contributed by atoms with Crippen molar-refractivity contribution >= 4 is 17.8 Å². The van der Waals surface area contributed by atoms with Crippen LogP contribution in [0.15, 0.2) is 0 Å². The average Bonchev–Trinajstić information content (AvgIpc) is 2.42. The summed E-state index contributed by atoms with van der Waals surface area (Å²) in [5, 5.41) is 15.0. The van der Waals surface area contributed by atoms with Crippen LogP contribution in [0.1, 0.15) is 45.4 Å². The number of carbonyl (C=O) groups is 3. The molecule has 3 atom stereocenters. The fourth-order valence-electron chi connectivity index (χ4n) is 3.18. The molecule has 0 aromatic rings. The van der Waals surface area contributed by atoms with Crippen molar-refractivity contribution in [1.82, 2.24) is 10.6 Å². The molecule has 0 spiro atoms. The van der Waals surface area contributed by atoms with Crippen LogP contribution in [0, 0.1) is 11.8 Å². The van der Waals surface area contributed by atoms with E-state index in [1.165, 1.54) is 0 Å². The molecule has 1 saturated carbocycles. The van der Waals surface area contributed by atoms with Gasteiger partial charge in [-0.25, -0.2) is 4.79 Å². The number of carboxylic acids is 1. The lowest BCUT2D eigenvalue weighted by atomic mass is 9.73. The monoisotopic (exact) mass is 282 g/mol. The molecule has 112 valence electrons. The normalized spacial score (nSPS) is 34.1. The molecule has 1 aliphatic heterocycles. The lowest BCUT2D eigenvalue weighted by molar-refractivity contribution is -0.153. The van der Waals surface area contributed by atoms with Gasteiger partial charge in [-0.1, -0.05) is 19.8 Å². The highest BCUT2D eigenvalue weighted by Crippen LogP contribution is 2.34. The summed E-state index contributed by atoms with van der Waals surface area (Å²) >= 11 is 0. The summed E-state index contributed by atoms with van der Waals surface area (Å²) in [5.74, 6) is -1.64. The lowest BCUT2D eigenvalue weighted by Crippen LogP contribution is -2.61. The van der Waals surface area contributed by atoms with E-state index < -0.39 is 11.5 Å². The molecule has 20 heavy (non-hydrogen) atoms. The van der Waals surface area contributed by atoms with Crippen molar-refractivity contribution in [2.75, 3.05) is 6.54 Å². The van der Waals surface area contributed by atoms with Crippen LogP contribution < -0.4 is 10.6 Å². The number of amides is 2. The Morgan fingerprint density at radius 1 is 1.35 bits per heavy atom. The molecule has 2 fully saturated rings. The van der Waals surface area contributed by atoms with Crippen LogP contribution in [0.5, 0.6) is 0 Å². The number of carbonyl (C=O) groups excluding carboxylic acids is 2. The van der Waals surface area contributed by atoms with Gasteiger partial charge in [0.05, 0.1) is 5.92 Å². The average molecular weight is 282 g/mol. The van der Waals surface area contributed by atoms with Gasteiger partial charge in [-0.3, -0.25) is 9.59 Å². The van der Waals surface area contributed by atoms with Crippen molar-refractivity contribution in [2.24, 2.45) is 11.8 Å². The Bertz CT molecular complexity index is 413. The summed E-state index contributed by atoms with van der Waals surface area (Å²) in [6.45, 7) is 2.19. The molecule has 1 aliphatic carbocycles. The van der Waals surface area contributed by atoms with E-state index in [0.717, 1.165) is 19.3 Å². The molecule has 1 saturated heterocycles. The summed E-state index contributed by atoms with van der Waals surface area (Å²) in [5.41, 5.74) is -1.14. The van der Waals surface area contributed by atoms with Crippen LogP contribution >= 0.6 is 0 Å². The van der Waals surface area contributed by atoms with Crippen molar-refractivity contribution < 1.29 is 19.5 Å². The Kier molecular flexibility index (Phi) is 4.30. The number of hydrogen-bond acceptors (Lipinski definition) is 3. The highest BCUT2D eigenvalue weighted by molar-refractivity contribution is 5.89. The van der Waals surface area contributed by atoms with Gasteiger partial charge in [-0.2, -0.15) is 0 Å². The molecular weight excluding hydrogens is 260 g/mol. The highest BCUT2D eigenvalue weighted by atomic mass is 16.4. The molecule has 0 bridgehead atoms. The summed E-state index contributed by atoms with van der Waals surface area (Å²) < 4.78 is 0. The zero-order valence-corrected chi connectivity index (χ0v) is 11.8. The van der Waals surface area contributed by atoms with E-state index in [4.69, 9.17) is 0 Å². The second-order valence-electron chi connectivity index (χ2n) is 5.95. The second-order valence-corrected chi connectivity index (χ2v) is 5.95. The maximum Gasteiger partial charge on any atom is 0.329 e. The first kappa shape index (κ1) is 14.8. The zero-order chi connectivity index (χ0) is 14.8. The minimum Gasteiger partial charge on any atom is -0.479 e. The third-order valence-corrected chi connectivity index (χ3v) is 4.66. The molecule has 3 unspecified atom stereocenters. The zero-order valence-electron chi connectivity index (χ0n) is 11.8. The second kappa shape index (κ2) is 5.81. The minimum atomic E-state index is -1.14. The summed E-state index contributed by atoms with van der Waals surface area (Å²) in [4.78, 5) is 35.1. The fourth-order valence-corrected chi connectivity index (χ4v) is 3.18. The molecule has 6 nitrogen and oxygen atoms in total. The molecule has 0 aromatic carbocycles. The standard InChI is InChI=1S/C14H22N2O4/c1-9-4-2-3-7-14(9,13(19)20)16-12(18)10-5-6-11(17)15-8-10/h9-10H,2-8H2,1H3,(H,15,17)(H,16,18)(H,19,20).